The van der Waals surface area contributed by atoms with Crippen molar-refractivity contribution in [3.05, 3.63) is 16.3 Å². The summed E-state index contributed by atoms with van der Waals surface area (Å²) in [5, 5.41) is 7.52. The average Bonchev–Trinajstić information content (AvgIpc) is 3.40. The van der Waals surface area contributed by atoms with Crippen LogP contribution in [-0.4, -0.2) is 50.2 Å². The van der Waals surface area contributed by atoms with Crippen molar-refractivity contribution >= 4 is 11.8 Å². The van der Waals surface area contributed by atoms with E-state index in [1.54, 1.807) is 9.25 Å². The summed E-state index contributed by atoms with van der Waals surface area (Å²) < 4.78 is 3.33. The van der Waals surface area contributed by atoms with Gasteiger partial charge in [-0.3, -0.25) is 14.2 Å². The fourth-order valence-electron chi connectivity index (χ4n) is 8.11. The minimum absolute atomic E-state index is 0.0259. The summed E-state index contributed by atoms with van der Waals surface area (Å²) in [5.41, 5.74) is -0.210. The Balaban J connectivity index is 1.04. The summed E-state index contributed by atoms with van der Waals surface area (Å²) in [4.78, 5) is 41.2. The lowest BCUT2D eigenvalue weighted by Crippen LogP contribution is -2.57. The van der Waals surface area contributed by atoms with Crippen LogP contribution in [0.3, 0.4) is 0 Å². The normalized spacial score (nSPS) is 34.5. The molecule has 1 saturated heterocycles. The molecule has 2 amide bonds. The number of nitrogens with one attached hydrogen (secondary N) is 1. The van der Waals surface area contributed by atoms with E-state index in [-0.39, 0.29) is 29.0 Å². The first-order valence-electron chi connectivity index (χ1n) is 13.3. The second kappa shape index (κ2) is 8.27. The molecule has 0 aromatic carbocycles. The molecule has 8 nitrogen and oxygen atoms in total. The van der Waals surface area contributed by atoms with E-state index in [1.165, 1.54) is 19.3 Å². The van der Waals surface area contributed by atoms with Crippen molar-refractivity contribution in [1.29, 1.82) is 0 Å². The molecule has 7 rings (SSSR count). The van der Waals surface area contributed by atoms with Gasteiger partial charge in [-0.05, 0) is 88.4 Å². The standard InChI is InChI=1S/C25H37N5O3/c31-22(26-7-4-10-30-24(33)29-8-2-1-6-21(29)27-30)20-5-3-9-28(20)23(32)25-14-17-11-18(15-25)13-19(12-17)16-25/h17-20H,1-16H2,(H,26,31). The molecule has 1 N–H and O–H groups in total. The van der Waals surface area contributed by atoms with Gasteiger partial charge >= 0.3 is 5.69 Å². The summed E-state index contributed by atoms with van der Waals surface area (Å²) in [6.45, 7) is 2.50. The number of amides is 2. The van der Waals surface area contributed by atoms with Crippen molar-refractivity contribution in [1.82, 2.24) is 24.6 Å². The number of hydrogen-bond acceptors (Lipinski definition) is 4. The molecular formula is C25H37N5O3. The third-order valence-corrected chi connectivity index (χ3v) is 9.19. The van der Waals surface area contributed by atoms with Crippen LogP contribution in [0.2, 0.25) is 0 Å². The van der Waals surface area contributed by atoms with E-state index in [9.17, 15) is 14.4 Å². The number of aromatic nitrogens is 3. The maximum atomic E-state index is 13.8. The molecule has 0 spiro atoms. The third kappa shape index (κ3) is 3.73. The number of carbonyl (C=O) groups excluding carboxylic acids is 2. The molecule has 0 radical (unpaired) electrons. The highest BCUT2D eigenvalue weighted by Crippen LogP contribution is 2.60. The Morgan fingerprint density at radius 1 is 1.00 bits per heavy atom. The minimum Gasteiger partial charge on any atom is -0.354 e. The van der Waals surface area contributed by atoms with Gasteiger partial charge in [0, 0.05) is 32.6 Å². The highest BCUT2D eigenvalue weighted by Gasteiger charge is 2.56. The average molecular weight is 456 g/mol. The summed E-state index contributed by atoms with van der Waals surface area (Å²) in [5.74, 6) is 3.32. The van der Waals surface area contributed by atoms with Crippen molar-refractivity contribution < 1.29 is 9.59 Å². The topological polar surface area (TPSA) is 89.2 Å². The number of hydrogen-bond donors (Lipinski definition) is 1. The lowest BCUT2D eigenvalue weighted by Gasteiger charge is -2.56. The molecule has 6 aliphatic rings. The highest BCUT2D eigenvalue weighted by atomic mass is 16.2. The first-order chi connectivity index (χ1) is 16.0. The highest BCUT2D eigenvalue weighted by molar-refractivity contribution is 5.91. The molecule has 4 bridgehead atoms. The molecule has 4 saturated carbocycles. The lowest BCUT2D eigenvalue weighted by atomic mass is 9.49. The van der Waals surface area contributed by atoms with Crippen LogP contribution in [0.5, 0.6) is 0 Å². The smallest absolute Gasteiger partial charge is 0.345 e. The maximum Gasteiger partial charge on any atom is 0.345 e. The second-order valence-electron chi connectivity index (χ2n) is 11.5. The first kappa shape index (κ1) is 21.4. The van der Waals surface area contributed by atoms with Crippen LogP contribution in [0.25, 0.3) is 0 Å². The molecular weight excluding hydrogens is 418 g/mol. The fourth-order valence-corrected chi connectivity index (χ4v) is 8.11. The van der Waals surface area contributed by atoms with Crippen molar-refractivity contribution in [2.75, 3.05) is 13.1 Å². The van der Waals surface area contributed by atoms with Crippen molar-refractivity contribution in [2.24, 2.45) is 23.2 Å². The zero-order chi connectivity index (χ0) is 22.6. The Kier molecular flexibility index (Phi) is 5.37. The Labute approximate surface area is 195 Å². The number of rotatable bonds is 6. The van der Waals surface area contributed by atoms with Crippen LogP contribution >= 0.6 is 0 Å². The van der Waals surface area contributed by atoms with Gasteiger partial charge in [0.2, 0.25) is 11.8 Å². The summed E-state index contributed by atoms with van der Waals surface area (Å²) in [7, 11) is 0. The largest absolute Gasteiger partial charge is 0.354 e. The number of fused-ring (bicyclic) bond motifs is 1. The van der Waals surface area contributed by atoms with Gasteiger partial charge in [0.25, 0.3) is 0 Å². The first-order valence-corrected chi connectivity index (χ1v) is 13.3. The van der Waals surface area contributed by atoms with E-state index >= 15 is 0 Å². The Morgan fingerprint density at radius 2 is 1.73 bits per heavy atom. The molecule has 1 aromatic rings. The summed E-state index contributed by atoms with van der Waals surface area (Å²) in [6.07, 6.45) is 12.4. The molecule has 1 unspecified atom stereocenters. The van der Waals surface area contributed by atoms with Crippen molar-refractivity contribution in [3.63, 3.8) is 0 Å². The molecule has 4 aliphatic carbocycles. The zero-order valence-corrected chi connectivity index (χ0v) is 19.6. The quantitative estimate of drug-likeness (QED) is 0.666. The SMILES string of the molecule is O=C(NCCCn1nc2n(c1=O)CCCC2)C1CCCN1C(=O)C12CC3CC(CC(C3)C1)C2. The molecule has 1 aromatic heterocycles. The van der Waals surface area contributed by atoms with Crippen molar-refractivity contribution in [2.45, 2.75) is 96.2 Å². The monoisotopic (exact) mass is 455 g/mol. The minimum atomic E-state index is -0.326. The number of nitrogens with zero attached hydrogens (tertiary/aromatic N) is 4. The number of aryl methyl sites for hydroxylation is 2. The second-order valence-corrected chi connectivity index (χ2v) is 11.5. The summed E-state index contributed by atoms with van der Waals surface area (Å²) in [6, 6.07) is -0.326. The zero-order valence-electron chi connectivity index (χ0n) is 19.6. The predicted octanol–water partition coefficient (Wildman–Crippen LogP) is 2.09. The number of likely N-dealkylation sites (tertiary alicyclic amines) is 1. The van der Waals surface area contributed by atoms with E-state index < -0.39 is 0 Å². The van der Waals surface area contributed by atoms with Crippen LogP contribution in [-0.2, 0) is 29.1 Å². The van der Waals surface area contributed by atoms with Crippen LogP contribution in [0, 0.1) is 23.2 Å². The van der Waals surface area contributed by atoms with E-state index in [0.717, 1.165) is 81.5 Å². The van der Waals surface area contributed by atoms with Gasteiger partial charge in [0.15, 0.2) is 0 Å². The Bertz CT molecular complexity index is 959. The van der Waals surface area contributed by atoms with Crippen LogP contribution < -0.4 is 11.0 Å². The molecule has 180 valence electrons. The van der Waals surface area contributed by atoms with Crippen molar-refractivity contribution in [3.8, 4) is 0 Å². The van der Waals surface area contributed by atoms with Gasteiger partial charge in [-0.25, -0.2) is 9.48 Å². The third-order valence-electron chi connectivity index (χ3n) is 9.19. The van der Waals surface area contributed by atoms with Gasteiger partial charge in [-0.1, -0.05) is 0 Å². The predicted molar refractivity (Wildman–Crippen MR) is 122 cm³/mol. The van der Waals surface area contributed by atoms with Crippen LogP contribution in [0.4, 0.5) is 0 Å². The molecule has 8 heteroatoms. The molecule has 5 fully saturated rings. The van der Waals surface area contributed by atoms with Gasteiger partial charge < -0.3 is 10.2 Å². The Hall–Kier alpha value is -2.12. The van der Waals surface area contributed by atoms with E-state index in [1.807, 2.05) is 4.90 Å². The molecule has 33 heavy (non-hydrogen) atoms. The van der Waals surface area contributed by atoms with E-state index in [2.05, 4.69) is 10.4 Å². The molecule has 1 atom stereocenters. The van der Waals surface area contributed by atoms with E-state index in [0.29, 0.717) is 26.1 Å². The lowest BCUT2D eigenvalue weighted by molar-refractivity contribution is -0.160. The Morgan fingerprint density at radius 3 is 2.42 bits per heavy atom. The maximum absolute atomic E-state index is 13.8. The van der Waals surface area contributed by atoms with Gasteiger partial charge in [-0.15, -0.1) is 0 Å². The van der Waals surface area contributed by atoms with E-state index in [4.69, 9.17) is 0 Å². The number of carbonyl (C=O) groups is 2. The van der Waals surface area contributed by atoms with Crippen LogP contribution in [0.1, 0.15) is 76.5 Å². The van der Waals surface area contributed by atoms with Gasteiger partial charge in [0.1, 0.15) is 11.9 Å². The molecule has 3 heterocycles. The van der Waals surface area contributed by atoms with Gasteiger partial charge in [-0.2, -0.15) is 5.10 Å². The van der Waals surface area contributed by atoms with Gasteiger partial charge in [0.05, 0.1) is 5.41 Å². The summed E-state index contributed by atoms with van der Waals surface area (Å²) >= 11 is 0. The fraction of sp³-hybridized carbons (Fsp3) is 0.840. The van der Waals surface area contributed by atoms with Crippen LogP contribution in [0.15, 0.2) is 4.79 Å². The molecule has 2 aliphatic heterocycles.